The molecule has 7 nitrogen and oxygen atoms in total. The number of fused-ring (bicyclic) bond motifs is 8. The van der Waals surface area contributed by atoms with E-state index in [0.29, 0.717) is 47.8 Å². The molecule has 164 valence electrons. The van der Waals surface area contributed by atoms with Gasteiger partial charge in [-0.2, -0.15) is 0 Å². The van der Waals surface area contributed by atoms with E-state index in [1.54, 1.807) is 25.2 Å². The first-order valence-corrected chi connectivity index (χ1v) is 10.3. The molecular weight excluding hydrogens is 416 g/mol. The first-order chi connectivity index (χ1) is 15.5. The highest BCUT2D eigenvalue weighted by Gasteiger charge is 2.34. The molecule has 2 aliphatic heterocycles. The number of H-pyrrole nitrogens is 1. The summed E-state index contributed by atoms with van der Waals surface area (Å²) in [4.78, 5) is 31.7. The summed E-state index contributed by atoms with van der Waals surface area (Å²) in [5.41, 5.74) is 3.27. The maximum absolute atomic E-state index is 14.7. The zero-order valence-electron chi connectivity index (χ0n) is 17.3. The smallest absolute Gasteiger partial charge is 0.262 e. The first kappa shape index (κ1) is 20.2. The Kier molecular flexibility index (Phi) is 4.90. The molecule has 2 aromatic carbocycles. The summed E-state index contributed by atoms with van der Waals surface area (Å²) >= 11 is 0. The summed E-state index contributed by atoms with van der Waals surface area (Å²) in [6.07, 6.45) is 0.458. The molecule has 2 aliphatic rings. The molecular formula is C23H21F2N5O2. The van der Waals surface area contributed by atoms with Crippen LogP contribution in [0.1, 0.15) is 21.6 Å². The van der Waals surface area contributed by atoms with E-state index in [9.17, 15) is 18.4 Å². The van der Waals surface area contributed by atoms with Gasteiger partial charge in [0.2, 0.25) is 5.56 Å². The number of nitrogens with zero attached hydrogens (tertiary/aromatic N) is 2. The van der Waals surface area contributed by atoms with Gasteiger partial charge in [0.25, 0.3) is 5.91 Å². The molecule has 0 saturated carbocycles. The minimum absolute atomic E-state index is 0.123. The Labute approximate surface area is 182 Å². The number of aromatic nitrogens is 1. The van der Waals surface area contributed by atoms with Gasteiger partial charge in [-0.15, -0.1) is 0 Å². The Balaban J connectivity index is 1.78. The molecule has 0 atom stereocenters. The minimum atomic E-state index is -0.548. The number of benzene rings is 2. The van der Waals surface area contributed by atoms with Crippen molar-refractivity contribution in [2.45, 2.75) is 13.0 Å². The first-order valence-electron chi connectivity index (χ1n) is 10.3. The van der Waals surface area contributed by atoms with Crippen molar-refractivity contribution in [2.24, 2.45) is 0 Å². The van der Waals surface area contributed by atoms with Crippen LogP contribution in [0.5, 0.6) is 0 Å². The summed E-state index contributed by atoms with van der Waals surface area (Å²) < 4.78 is 28.7. The van der Waals surface area contributed by atoms with Gasteiger partial charge in [0.15, 0.2) is 0 Å². The molecule has 9 heteroatoms. The normalized spacial score (nSPS) is 15.4. The highest BCUT2D eigenvalue weighted by atomic mass is 19.1. The molecule has 2 bridgehead atoms. The van der Waals surface area contributed by atoms with Gasteiger partial charge in [0.05, 0.1) is 22.6 Å². The average molecular weight is 437 g/mol. The number of rotatable bonds is 1. The van der Waals surface area contributed by atoms with Crippen molar-refractivity contribution in [3.05, 3.63) is 81.3 Å². The summed E-state index contributed by atoms with van der Waals surface area (Å²) in [7, 11) is 1.61. The van der Waals surface area contributed by atoms with E-state index < -0.39 is 5.82 Å². The van der Waals surface area contributed by atoms with Crippen LogP contribution in [0.3, 0.4) is 0 Å². The number of aromatic amines is 1. The van der Waals surface area contributed by atoms with E-state index in [1.807, 2.05) is 4.90 Å². The molecule has 3 N–H and O–H groups in total. The fourth-order valence-electron chi connectivity index (χ4n) is 4.32. The van der Waals surface area contributed by atoms with Crippen LogP contribution in [0.25, 0.3) is 0 Å². The number of nitrogens with one attached hydrogen (secondary N) is 3. The Morgan fingerprint density at radius 3 is 2.59 bits per heavy atom. The van der Waals surface area contributed by atoms with Gasteiger partial charge < -0.3 is 20.5 Å². The van der Waals surface area contributed by atoms with Gasteiger partial charge >= 0.3 is 0 Å². The van der Waals surface area contributed by atoms with Gasteiger partial charge in [-0.3, -0.25) is 14.5 Å². The number of pyridine rings is 1. The standard InChI is InChI=1S/C23H21F2N5O2/c1-26-18-10-21-15(9-16(18)25)23(32)30-12-29(21)19-3-2-14(24)8-13(19)11-27-7-6-17-20(30)4-5-22(31)28-17/h2-5,8-10,26-27H,6-7,11-12H2,1H3,(H,28,31). The van der Waals surface area contributed by atoms with Crippen LogP contribution >= 0.6 is 0 Å². The summed E-state index contributed by atoms with van der Waals surface area (Å²) in [5.74, 6) is -1.29. The molecule has 0 fully saturated rings. The van der Waals surface area contributed by atoms with E-state index in [-0.39, 0.29) is 35.2 Å². The average Bonchev–Trinajstić information content (AvgIpc) is 2.80. The van der Waals surface area contributed by atoms with E-state index >= 15 is 0 Å². The third-order valence-corrected chi connectivity index (χ3v) is 5.87. The Morgan fingerprint density at radius 1 is 0.969 bits per heavy atom. The molecule has 0 saturated heterocycles. The van der Waals surface area contributed by atoms with Crippen molar-refractivity contribution in [1.29, 1.82) is 0 Å². The Morgan fingerprint density at radius 2 is 1.78 bits per heavy atom. The van der Waals surface area contributed by atoms with Gasteiger partial charge in [0.1, 0.15) is 18.3 Å². The van der Waals surface area contributed by atoms with E-state index in [1.165, 1.54) is 29.2 Å². The van der Waals surface area contributed by atoms with Gasteiger partial charge in [-0.25, -0.2) is 8.78 Å². The van der Waals surface area contributed by atoms with Crippen LogP contribution in [0.15, 0.2) is 47.3 Å². The monoisotopic (exact) mass is 437 g/mol. The van der Waals surface area contributed by atoms with Crippen LogP contribution < -0.4 is 26.0 Å². The fraction of sp³-hybridized carbons (Fsp3) is 0.217. The zero-order valence-corrected chi connectivity index (χ0v) is 17.3. The number of halogens is 2. The van der Waals surface area contributed by atoms with Gasteiger partial charge in [-0.1, -0.05) is 0 Å². The maximum Gasteiger partial charge on any atom is 0.262 e. The summed E-state index contributed by atoms with van der Waals surface area (Å²) in [5, 5.41) is 6.09. The van der Waals surface area contributed by atoms with Crippen LogP contribution in [0.4, 0.5) is 31.5 Å². The number of amides is 1. The lowest BCUT2D eigenvalue weighted by molar-refractivity contribution is 0.0983. The Hall–Kier alpha value is -3.72. The molecule has 0 radical (unpaired) electrons. The largest absolute Gasteiger partial charge is 0.386 e. The second-order valence-corrected chi connectivity index (χ2v) is 7.79. The third kappa shape index (κ3) is 3.31. The van der Waals surface area contributed by atoms with E-state index in [4.69, 9.17) is 0 Å². The maximum atomic E-state index is 14.7. The molecule has 1 aromatic heterocycles. The number of carbonyl (C=O) groups is 1. The lowest BCUT2D eigenvalue weighted by Gasteiger charge is -2.39. The topological polar surface area (TPSA) is 80.5 Å². The van der Waals surface area contributed by atoms with Crippen LogP contribution in [-0.2, 0) is 13.0 Å². The predicted octanol–water partition coefficient (Wildman–Crippen LogP) is 3.10. The van der Waals surface area contributed by atoms with Crippen LogP contribution in [0.2, 0.25) is 0 Å². The number of anilines is 4. The van der Waals surface area contributed by atoms with Gasteiger partial charge in [0, 0.05) is 44.0 Å². The minimum Gasteiger partial charge on any atom is -0.386 e. The SMILES string of the molecule is CNc1cc2c(cc1F)C(=O)N1CN2c2ccc(F)cc2CNCCc2[nH]c(=O)ccc21. The highest BCUT2D eigenvalue weighted by Crippen LogP contribution is 2.40. The van der Waals surface area contributed by atoms with Crippen molar-refractivity contribution in [3.8, 4) is 0 Å². The lowest BCUT2D eigenvalue weighted by Crippen LogP contribution is -2.46. The molecule has 32 heavy (non-hydrogen) atoms. The molecule has 0 spiro atoms. The number of hydrogen-bond acceptors (Lipinski definition) is 5. The third-order valence-electron chi connectivity index (χ3n) is 5.87. The molecule has 0 aliphatic carbocycles. The van der Waals surface area contributed by atoms with E-state index in [0.717, 1.165) is 0 Å². The van der Waals surface area contributed by atoms with Crippen LogP contribution in [-0.4, -0.2) is 31.2 Å². The summed E-state index contributed by atoms with van der Waals surface area (Å²) in [6, 6.07) is 10.3. The Bertz CT molecular complexity index is 1290. The number of hydrogen-bond donors (Lipinski definition) is 3. The molecule has 3 heterocycles. The van der Waals surface area contributed by atoms with Crippen molar-refractivity contribution in [1.82, 2.24) is 10.3 Å². The molecule has 3 aromatic rings. The second kappa shape index (κ2) is 7.76. The number of carbonyl (C=O) groups excluding carboxylic acids is 1. The quantitative estimate of drug-likeness (QED) is 0.545. The molecule has 0 unspecified atom stereocenters. The van der Waals surface area contributed by atoms with Crippen LogP contribution in [0, 0.1) is 11.6 Å². The van der Waals surface area contributed by atoms with Crippen molar-refractivity contribution >= 4 is 28.7 Å². The highest BCUT2D eigenvalue weighted by molar-refractivity contribution is 6.13. The molecule has 5 rings (SSSR count). The van der Waals surface area contributed by atoms with Crippen molar-refractivity contribution in [3.63, 3.8) is 0 Å². The van der Waals surface area contributed by atoms with Gasteiger partial charge in [-0.05, 0) is 42.0 Å². The summed E-state index contributed by atoms with van der Waals surface area (Å²) in [6.45, 7) is 1.02. The lowest BCUT2D eigenvalue weighted by atomic mass is 10.0. The second-order valence-electron chi connectivity index (χ2n) is 7.79. The van der Waals surface area contributed by atoms with E-state index in [2.05, 4.69) is 15.6 Å². The van der Waals surface area contributed by atoms with Crippen molar-refractivity contribution in [2.75, 3.05) is 35.4 Å². The zero-order chi connectivity index (χ0) is 22.4. The van der Waals surface area contributed by atoms with Crippen molar-refractivity contribution < 1.29 is 13.6 Å². The fourth-order valence-corrected chi connectivity index (χ4v) is 4.32. The molecule has 1 amide bonds. The predicted molar refractivity (Wildman–Crippen MR) is 119 cm³/mol.